The number of carbonyl (C=O) groups excluding carboxylic acids is 1. The van der Waals surface area contributed by atoms with Crippen LogP contribution in [0.15, 0.2) is 18.2 Å². The molecule has 3 saturated carbocycles. The molecular formula is C18H20Br3NO3. The van der Waals surface area contributed by atoms with E-state index in [1.165, 1.54) is 0 Å². The quantitative estimate of drug-likeness (QED) is 0.547. The number of anilines is 1. The molecule has 1 aromatic rings. The van der Waals surface area contributed by atoms with Gasteiger partial charge in [0.15, 0.2) is 11.5 Å². The molecule has 5 rings (SSSR count). The van der Waals surface area contributed by atoms with Crippen molar-refractivity contribution in [1.29, 1.82) is 0 Å². The summed E-state index contributed by atoms with van der Waals surface area (Å²) < 4.78 is 11.3. The van der Waals surface area contributed by atoms with E-state index in [1.807, 2.05) is 18.2 Å². The molecule has 25 heavy (non-hydrogen) atoms. The first-order chi connectivity index (χ1) is 11.8. The predicted octanol–water partition coefficient (Wildman–Crippen LogP) is 5.08. The van der Waals surface area contributed by atoms with E-state index in [0.29, 0.717) is 19.0 Å². The Morgan fingerprint density at radius 3 is 2.48 bits per heavy atom. The van der Waals surface area contributed by atoms with Crippen LogP contribution >= 0.6 is 47.8 Å². The van der Waals surface area contributed by atoms with Crippen LogP contribution in [-0.4, -0.2) is 27.7 Å². The number of halogens is 3. The van der Waals surface area contributed by atoms with E-state index < -0.39 is 5.41 Å². The summed E-state index contributed by atoms with van der Waals surface area (Å²) in [7, 11) is 0. The Hall–Kier alpha value is -0.270. The van der Waals surface area contributed by atoms with E-state index in [9.17, 15) is 4.79 Å². The molecule has 0 radical (unpaired) electrons. The van der Waals surface area contributed by atoms with Gasteiger partial charge in [0.25, 0.3) is 0 Å². The van der Waals surface area contributed by atoms with Crippen molar-refractivity contribution in [3.63, 3.8) is 0 Å². The van der Waals surface area contributed by atoms with Crippen molar-refractivity contribution in [2.45, 2.75) is 35.3 Å². The van der Waals surface area contributed by atoms with Crippen LogP contribution in [0.1, 0.15) is 26.7 Å². The summed E-state index contributed by atoms with van der Waals surface area (Å²) in [5, 5.41) is 3.12. The second-order valence-corrected chi connectivity index (χ2v) is 11.6. The third kappa shape index (κ3) is 2.12. The molecule has 1 heterocycles. The van der Waals surface area contributed by atoms with Crippen molar-refractivity contribution in [3.05, 3.63) is 18.2 Å². The molecule has 0 aromatic heterocycles. The second-order valence-electron chi connectivity index (χ2n) is 7.61. The highest BCUT2D eigenvalue weighted by Crippen LogP contribution is 2.82. The van der Waals surface area contributed by atoms with Crippen LogP contribution in [0, 0.1) is 16.2 Å². The lowest BCUT2D eigenvalue weighted by Gasteiger charge is -2.66. The van der Waals surface area contributed by atoms with E-state index in [-0.39, 0.29) is 25.3 Å². The minimum Gasteiger partial charge on any atom is -0.486 e. The zero-order valence-corrected chi connectivity index (χ0v) is 18.8. The first-order valence-corrected chi connectivity index (χ1v) is 11.2. The maximum absolute atomic E-state index is 13.3. The third-order valence-electron chi connectivity index (χ3n) is 6.69. The van der Waals surface area contributed by atoms with Crippen LogP contribution in [-0.2, 0) is 4.79 Å². The summed E-state index contributed by atoms with van der Waals surface area (Å²) in [6, 6.07) is 5.57. The average Bonchev–Trinajstić information content (AvgIpc) is 3.04. The lowest BCUT2D eigenvalue weighted by Crippen LogP contribution is -2.71. The number of ether oxygens (including phenoxy) is 2. The molecular weight excluding hydrogens is 518 g/mol. The Bertz CT molecular complexity index is 738. The van der Waals surface area contributed by atoms with Gasteiger partial charge in [0.2, 0.25) is 5.91 Å². The Labute approximate surface area is 172 Å². The van der Waals surface area contributed by atoms with Gasteiger partial charge >= 0.3 is 0 Å². The molecule has 4 aliphatic rings. The molecule has 0 saturated heterocycles. The van der Waals surface area contributed by atoms with Crippen LogP contribution in [0.5, 0.6) is 11.5 Å². The molecule has 136 valence electrons. The van der Waals surface area contributed by atoms with Gasteiger partial charge in [0.1, 0.15) is 13.2 Å². The zero-order valence-electron chi connectivity index (χ0n) is 14.1. The highest BCUT2D eigenvalue weighted by Gasteiger charge is 2.83. The molecule has 3 fully saturated rings. The van der Waals surface area contributed by atoms with E-state index in [1.54, 1.807) is 0 Å². The van der Waals surface area contributed by atoms with E-state index >= 15 is 0 Å². The van der Waals surface area contributed by atoms with Gasteiger partial charge < -0.3 is 14.8 Å². The van der Waals surface area contributed by atoms with Gasteiger partial charge in [-0.25, -0.2) is 0 Å². The van der Waals surface area contributed by atoms with E-state index in [0.717, 1.165) is 24.3 Å². The molecule has 3 aliphatic carbocycles. The Balaban J connectivity index is 1.60. The van der Waals surface area contributed by atoms with Crippen LogP contribution in [0.25, 0.3) is 0 Å². The summed E-state index contributed by atoms with van der Waals surface area (Å²) in [5.74, 6) is 1.49. The minimum absolute atomic E-state index is 0.0249. The lowest BCUT2D eigenvalue weighted by atomic mass is 9.43. The van der Waals surface area contributed by atoms with Gasteiger partial charge in [-0.1, -0.05) is 61.6 Å². The molecule has 1 aromatic carbocycles. The second kappa shape index (κ2) is 5.86. The van der Waals surface area contributed by atoms with Gasteiger partial charge in [-0.3, -0.25) is 4.79 Å². The first-order valence-electron chi connectivity index (χ1n) is 8.41. The number of hydrogen-bond acceptors (Lipinski definition) is 3. The average molecular weight is 538 g/mol. The summed E-state index contributed by atoms with van der Waals surface area (Å²) in [4.78, 5) is 13.4. The normalized spacial score (nSPS) is 34.6. The zero-order chi connectivity index (χ0) is 18.0. The number of fused-ring (bicyclic) bond motifs is 2. The highest BCUT2D eigenvalue weighted by atomic mass is 79.9. The summed E-state index contributed by atoms with van der Waals surface area (Å²) >= 11 is 11.3. The SMILES string of the molecule is CC1(C)C2(C(=O)Nc3ccc4c(c3)OCCO4)CCC1(C(Br)Br)C2Br. The molecule has 3 unspecified atom stereocenters. The Morgan fingerprint density at radius 1 is 1.20 bits per heavy atom. The number of amides is 1. The fourth-order valence-corrected chi connectivity index (χ4v) is 9.98. The van der Waals surface area contributed by atoms with Crippen LogP contribution < -0.4 is 14.8 Å². The maximum Gasteiger partial charge on any atom is 0.232 e. The van der Waals surface area contributed by atoms with Crippen molar-refractivity contribution in [3.8, 4) is 11.5 Å². The van der Waals surface area contributed by atoms with Crippen molar-refractivity contribution in [2.24, 2.45) is 16.2 Å². The van der Waals surface area contributed by atoms with Gasteiger partial charge in [-0.2, -0.15) is 0 Å². The molecule has 3 atom stereocenters. The number of nitrogens with one attached hydrogen (secondary N) is 1. The van der Waals surface area contributed by atoms with Gasteiger partial charge in [0, 0.05) is 22.0 Å². The molecule has 7 heteroatoms. The number of rotatable bonds is 3. The third-order valence-corrected chi connectivity index (χ3v) is 9.92. The van der Waals surface area contributed by atoms with Crippen molar-refractivity contribution >= 4 is 59.4 Å². The number of alkyl halides is 3. The van der Waals surface area contributed by atoms with Crippen molar-refractivity contribution in [1.82, 2.24) is 0 Å². The smallest absolute Gasteiger partial charge is 0.232 e. The topological polar surface area (TPSA) is 47.6 Å². The maximum atomic E-state index is 13.3. The van der Waals surface area contributed by atoms with Gasteiger partial charge in [-0.15, -0.1) is 0 Å². The molecule has 1 aliphatic heterocycles. The van der Waals surface area contributed by atoms with Gasteiger partial charge in [-0.05, 0) is 30.4 Å². The molecule has 0 spiro atoms. The van der Waals surface area contributed by atoms with E-state index in [2.05, 4.69) is 67.0 Å². The number of carbonyl (C=O) groups is 1. The van der Waals surface area contributed by atoms with Crippen molar-refractivity contribution < 1.29 is 14.3 Å². The standard InChI is InChI=1S/C18H20Br3NO3/c1-16(2)17(14(20)21)5-6-18(16,13(17)19)15(23)22-10-3-4-11-12(9-10)25-8-7-24-11/h3-4,9,13-14H,5-8H2,1-2H3,(H,22,23). The van der Waals surface area contributed by atoms with Gasteiger partial charge in [0.05, 0.1) is 9.15 Å². The largest absolute Gasteiger partial charge is 0.486 e. The fraction of sp³-hybridized carbons (Fsp3) is 0.611. The monoisotopic (exact) mass is 535 g/mol. The number of hydrogen-bond donors (Lipinski definition) is 1. The Morgan fingerprint density at radius 2 is 1.88 bits per heavy atom. The Kier molecular flexibility index (Phi) is 4.25. The van der Waals surface area contributed by atoms with Crippen LogP contribution in [0.4, 0.5) is 5.69 Å². The lowest BCUT2D eigenvalue weighted by molar-refractivity contribution is -0.155. The molecule has 1 amide bonds. The van der Waals surface area contributed by atoms with Crippen molar-refractivity contribution in [2.75, 3.05) is 18.5 Å². The summed E-state index contributed by atoms with van der Waals surface area (Å²) in [6.45, 7) is 5.50. The number of benzene rings is 1. The molecule has 2 bridgehead atoms. The van der Waals surface area contributed by atoms with E-state index in [4.69, 9.17) is 9.47 Å². The minimum atomic E-state index is -0.417. The summed E-state index contributed by atoms with van der Waals surface area (Å²) in [5.41, 5.74) is 0.235. The molecule has 4 nitrogen and oxygen atoms in total. The fourth-order valence-electron chi connectivity index (χ4n) is 5.06. The first kappa shape index (κ1) is 18.1. The van der Waals surface area contributed by atoms with Crippen LogP contribution in [0.3, 0.4) is 0 Å². The summed E-state index contributed by atoms with van der Waals surface area (Å²) in [6.07, 6.45) is 1.88. The molecule has 1 N–H and O–H groups in total. The van der Waals surface area contributed by atoms with Crippen LogP contribution in [0.2, 0.25) is 0 Å². The predicted molar refractivity (Wildman–Crippen MR) is 108 cm³/mol. The highest BCUT2D eigenvalue weighted by molar-refractivity contribution is 9.24.